The summed E-state index contributed by atoms with van der Waals surface area (Å²) in [4.78, 5) is 13.4. The highest BCUT2D eigenvalue weighted by Crippen LogP contribution is 2.21. The van der Waals surface area contributed by atoms with Crippen LogP contribution in [0.1, 0.15) is 24.9 Å². The lowest BCUT2D eigenvalue weighted by molar-refractivity contribution is -0.121. The van der Waals surface area contributed by atoms with Crippen molar-refractivity contribution in [3.8, 4) is 5.75 Å². The standard InChI is InChI=1S/C15H24N2O3/c1-4-16-15(19)9-10-17(2)14(11-18)12-5-7-13(20-3)8-6-12/h5-8,14,18H,4,9-11H2,1-3H3,(H,16,19). The van der Waals surface area contributed by atoms with Crippen molar-refractivity contribution < 1.29 is 14.6 Å². The lowest BCUT2D eigenvalue weighted by Crippen LogP contribution is -2.32. The van der Waals surface area contributed by atoms with Gasteiger partial charge in [0.15, 0.2) is 0 Å². The molecular weight excluding hydrogens is 256 g/mol. The number of benzene rings is 1. The van der Waals surface area contributed by atoms with Crippen LogP contribution in [0.15, 0.2) is 24.3 Å². The zero-order valence-corrected chi connectivity index (χ0v) is 12.4. The van der Waals surface area contributed by atoms with E-state index in [1.54, 1.807) is 7.11 Å². The first-order valence-electron chi connectivity index (χ1n) is 6.84. The molecule has 0 saturated heterocycles. The summed E-state index contributed by atoms with van der Waals surface area (Å²) >= 11 is 0. The molecular formula is C15H24N2O3. The molecule has 1 atom stereocenters. The van der Waals surface area contributed by atoms with Crippen molar-refractivity contribution in [2.75, 3.05) is 33.9 Å². The van der Waals surface area contributed by atoms with Gasteiger partial charge in [0.05, 0.1) is 19.8 Å². The van der Waals surface area contributed by atoms with Crippen LogP contribution in [0.3, 0.4) is 0 Å². The first-order chi connectivity index (χ1) is 9.62. The maximum Gasteiger partial charge on any atom is 0.221 e. The fourth-order valence-electron chi connectivity index (χ4n) is 2.04. The molecule has 0 aliphatic rings. The molecule has 20 heavy (non-hydrogen) atoms. The number of ether oxygens (including phenoxy) is 1. The molecule has 0 aromatic heterocycles. The van der Waals surface area contributed by atoms with Crippen LogP contribution in [-0.4, -0.2) is 49.8 Å². The van der Waals surface area contributed by atoms with Crippen molar-refractivity contribution in [2.45, 2.75) is 19.4 Å². The minimum Gasteiger partial charge on any atom is -0.497 e. The Morgan fingerprint density at radius 3 is 2.55 bits per heavy atom. The topological polar surface area (TPSA) is 61.8 Å². The van der Waals surface area contributed by atoms with Crippen molar-refractivity contribution in [1.82, 2.24) is 10.2 Å². The highest BCUT2D eigenvalue weighted by Gasteiger charge is 2.16. The number of hydrogen-bond donors (Lipinski definition) is 2. The van der Waals surface area contributed by atoms with Crippen molar-refractivity contribution in [1.29, 1.82) is 0 Å². The Morgan fingerprint density at radius 1 is 1.40 bits per heavy atom. The second-order valence-electron chi connectivity index (χ2n) is 4.66. The number of nitrogens with zero attached hydrogens (tertiary/aromatic N) is 1. The highest BCUT2D eigenvalue weighted by molar-refractivity contribution is 5.75. The van der Waals surface area contributed by atoms with Gasteiger partial charge in [-0.2, -0.15) is 0 Å². The maximum atomic E-state index is 11.5. The summed E-state index contributed by atoms with van der Waals surface area (Å²) in [5.41, 5.74) is 1.01. The van der Waals surface area contributed by atoms with Crippen molar-refractivity contribution in [3.05, 3.63) is 29.8 Å². The summed E-state index contributed by atoms with van der Waals surface area (Å²) in [6.07, 6.45) is 0.428. The smallest absolute Gasteiger partial charge is 0.221 e. The van der Waals surface area contributed by atoms with Gasteiger partial charge in [-0.05, 0) is 31.7 Å². The number of aliphatic hydroxyl groups excluding tert-OH is 1. The van der Waals surface area contributed by atoms with E-state index in [1.165, 1.54) is 0 Å². The number of carbonyl (C=O) groups is 1. The molecule has 0 spiro atoms. The van der Waals surface area contributed by atoms with E-state index in [1.807, 2.05) is 43.1 Å². The van der Waals surface area contributed by atoms with E-state index in [0.29, 0.717) is 19.5 Å². The number of rotatable bonds is 8. The van der Waals surface area contributed by atoms with Crippen LogP contribution in [0.2, 0.25) is 0 Å². The lowest BCUT2D eigenvalue weighted by Gasteiger charge is -2.26. The minimum atomic E-state index is -0.115. The largest absolute Gasteiger partial charge is 0.497 e. The molecule has 1 unspecified atom stereocenters. The van der Waals surface area contributed by atoms with Gasteiger partial charge in [0, 0.05) is 19.5 Å². The molecule has 1 aromatic carbocycles. The fraction of sp³-hybridized carbons (Fsp3) is 0.533. The predicted octanol–water partition coefficient (Wildman–Crippen LogP) is 1.19. The van der Waals surface area contributed by atoms with Gasteiger partial charge in [0.1, 0.15) is 5.75 Å². The number of aliphatic hydroxyl groups is 1. The molecule has 0 heterocycles. The summed E-state index contributed by atoms with van der Waals surface area (Å²) in [5, 5.41) is 12.3. The molecule has 0 aliphatic carbocycles. The van der Waals surface area contributed by atoms with Crippen molar-refractivity contribution in [3.63, 3.8) is 0 Å². The average molecular weight is 280 g/mol. The van der Waals surface area contributed by atoms with Crippen LogP contribution >= 0.6 is 0 Å². The molecule has 0 fully saturated rings. The van der Waals surface area contributed by atoms with Gasteiger partial charge in [-0.15, -0.1) is 0 Å². The van der Waals surface area contributed by atoms with Gasteiger partial charge in [0.2, 0.25) is 5.91 Å². The molecule has 5 nitrogen and oxygen atoms in total. The van der Waals surface area contributed by atoms with E-state index in [4.69, 9.17) is 4.74 Å². The van der Waals surface area contributed by atoms with Gasteiger partial charge in [-0.3, -0.25) is 9.69 Å². The van der Waals surface area contributed by atoms with Crippen LogP contribution in [0, 0.1) is 0 Å². The molecule has 0 saturated carbocycles. The van der Waals surface area contributed by atoms with E-state index in [-0.39, 0.29) is 18.6 Å². The first-order valence-corrected chi connectivity index (χ1v) is 6.84. The average Bonchev–Trinajstić information content (AvgIpc) is 2.47. The van der Waals surface area contributed by atoms with Gasteiger partial charge in [0.25, 0.3) is 0 Å². The van der Waals surface area contributed by atoms with Crippen LogP contribution in [0.5, 0.6) is 5.75 Å². The van der Waals surface area contributed by atoms with E-state index in [2.05, 4.69) is 5.32 Å². The Morgan fingerprint density at radius 2 is 2.05 bits per heavy atom. The van der Waals surface area contributed by atoms with Crippen LogP contribution in [0.4, 0.5) is 0 Å². The third-order valence-electron chi connectivity index (χ3n) is 3.27. The number of nitrogens with one attached hydrogen (secondary N) is 1. The van der Waals surface area contributed by atoms with E-state index in [0.717, 1.165) is 11.3 Å². The first kappa shape index (κ1) is 16.5. The molecule has 1 amide bonds. The van der Waals surface area contributed by atoms with Crippen molar-refractivity contribution >= 4 is 5.91 Å². The molecule has 1 aromatic rings. The number of likely N-dealkylation sites (N-methyl/N-ethyl adjacent to an activating group) is 1. The van der Waals surface area contributed by atoms with Crippen LogP contribution < -0.4 is 10.1 Å². The summed E-state index contributed by atoms with van der Waals surface area (Å²) in [6, 6.07) is 7.49. The third kappa shape index (κ3) is 4.83. The monoisotopic (exact) mass is 280 g/mol. The molecule has 112 valence electrons. The Bertz CT molecular complexity index is 406. The Labute approximate surface area is 120 Å². The van der Waals surface area contributed by atoms with Crippen molar-refractivity contribution in [2.24, 2.45) is 0 Å². The zero-order valence-electron chi connectivity index (χ0n) is 12.4. The lowest BCUT2D eigenvalue weighted by atomic mass is 10.1. The number of carbonyl (C=O) groups excluding carboxylic acids is 1. The van der Waals surface area contributed by atoms with E-state index < -0.39 is 0 Å². The van der Waals surface area contributed by atoms with Gasteiger partial charge < -0.3 is 15.2 Å². The summed E-state index contributed by atoms with van der Waals surface area (Å²) < 4.78 is 5.12. The van der Waals surface area contributed by atoms with E-state index in [9.17, 15) is 9.90 Å². The zero-order chi connectivity index (χ0) is 15.0. The molecule has 0 radical (unpaired) electrons. The predicted molar refractivity (Wildman–Crippen MR) is 78.8 cm³/mol. The minimum absolute atomic E-state index is 0.0121. The normalized spacial score (nSPS) is 12.2. The molecule has 0 aliphatic heterocycles. The van der Waals surface area contributed by atoms with Gasteiger partial charge in [-0.1, -0.05) is 12.1 Å². The Balaban J connectivity index is 2.61. The third-order valence-corrected chi connectivity index (χ3v) is 3.27. The van der Waals surface area contributed by atoms with Gasteiger partial charge in [-0.25, -0.2) is 0 Å². The number of methoxy groups -OCH3 is 1. The SMILES string of the molecule is CCNC(=O)CCN(C)C(CO)c1ccc(OC)cc1. The second kappa shape index (κ2) is 8.55. The Hall–Kier alpha value is -1.59. The maximum absolute atomic E-state index is 11.5. The summed E-state index contributed by atoms with van der Waals surface area (Å²) in [5.74, 6) is 0.821. The molecule has 2 N–H and O–H groups in total. The second-order valence-corrected chi connectivity index (χ2v) is 4.66. The van der Waals surface area contributed by atoms with Crippen LogP contribution in [-0.2, 0) is 4.79 Å². The quantitative estimate of drug-likeness (QED) is 0.751. The Kier molecular flexibility index (Phi) is 7.04. The molecule has 5 heteroatoms. The van der Waals surface area contributed by atoms with Crippen LogP contribution in [0.25, 0.3) is 0 Å². The highest BCUT2D eigenvalue weighted by atomic mass is 16.5. The fourth-order valence-corrected chi connectivity index (χ4v) is 2.04. The molecule has 1 rings (SSSR count). The number of amides is 1. The summed E-state index contributed by atoms with van der Waals surface area (Å²) in [6.45, 7) is 3.15. The molecule has 0 bridgehead atoms. The summed E-state index contributed by atoms with van der Waals surface area (Å²) in [7, 11) is 3.53. The number of hydrogen-bond acceptors (Lipinski definition) is 4. The van der Waals surface area contributed by atoms with Gasteiger partial charge >= 0.3 is 0 Å². The van der Waals surface area contributed by atoms with E-state index >= 15 is 0 Å².